The third-order valence-corrected chi connectivity index (χ3v) is 6.51. The van der Waals surface area contributed by atoms with E-state index in [2.05, 4.69) is 40.5 Å². The van der Waals surface area contributed by atoms with Crippen LogP contribution in [-0.2, 0) is 24.1 Å². The second kappa shape index (κ2) is 9.04. The summed E-state index contributed by atoms with van der Waals surface area (Å²) < 4.78 is 0. The van der Waals surface area contributed by atoms with Gasteiger partial charge in [-0.15, -0.1) is 0 Å². The number of aliphatic hydroxyl groups is 1. The minimum atomic E-state index is -1.06. The van der Waals surface area contributed by atoms with Gasteiger partial charge in [-0.25, -0.2) is 0 Å². The number of carbonyl (C=O) groups is 1. The molecular formula is C27H30N2O2. The molecule has 0 fully saturated rings. The smallest absolute Gasteiger partial charge is 0.224 e. The maximum atomic E-state index is 12.2. The Hall–Kier alpha value is -2.95. The third-order valence-electron chi connectivity index (χ3n) is 6.51. The number of carbonyl (C=O) groups excluding carboxylic acids is 1. The van der Waals surface area contributed by atoms with E-state index >= 15 is 0 Å². The van der Waals surface area contributed by atoms with E-state index in [1.165, 1.54) is 5.56 Å². The molecule has 1 amide bonds. The second-order valence-electron chi connectivity index (χ2n) is 8.39. The highest BCUT2D eigenvalue weighted by Crippen LogP contribution is 2.47. The highest BCUT2D eigenvalue weighted by atomic mass is 16.3. The van der Waals surface area contributed by atoms with E-state index in [-0.39, 0.29) is 11.8 Å². The van der Waals surface area contributed by atoms with E-state index in [0.29, 0.717) is 12.8 Å². The monoisotopic (exact) mass is 414 g/mol. The van der Waals surface area contributed by atoms with Gasteiger partial charge in [-0.1, -0.05) is 78.9 Å². The Morgan fingerprint density at radius 3 is 2.39 bits per heavy atom. The molecule has 0 saturated heterocycles. The molecule has 4 nitrogen and oxygen atoms in total. The van der Waals surface area contributed by atoms with Crippen LogP contribution < -0.4 is 5.32 Å². The summed E-state index contributed by atoms with van der Waals surface area (Å²) in [6.07, 6.45) is 1.73. The average Bonchev–Trinajstić information content (AvgIpc) is 3.11. The van der Waals surface area contributed by atoms with Gasteiger partial charge in [-0.3, -0.25) is 9.69 Å². The van der Waals surface area contributed by atoms with Gasteiger partial charge in [0.1, 0.15) is 5.72 Å². The highest BCUT2D eigenvalue weighted by Gasteiger charge is 2.48. The minimum Gasteiger partial charge on any atom is -0.374 e. The van der Waals surface area contributed by atoms with E-state index in [9.17, 15) is 9.90 Å². The van der Waals surface area contributed by atoms with Crippen molar-refractivity contribution in [2.45, 2.75) is 30.9 Å². The Morgan fingerprint density at radius 1 is 1.00 bits per heavy atom. The van der Waals surface area contributed by atoms with Gasteiger partial charge in [-0.2, -0.15) is 0 Å². The molecule has 1 aliphatic rings. The van der Waals surface area contributed by atoms with Crippen LogP contribution in [-0.4, -0.2) is 42.3 Å². The molecule has 3 aromatic rings. The molecule has 2 atom stereocenters. The summed E-state index contributed by atoms with van der Waals surface area (Å²) in [4.78, 5) is 14.2. The predicted molar refractivity (Wildman–Crippen MR) is 124 cm³/mol. The van der Waals surface area contributed by atoms with Crippen molar-refractivity contribution in [2.24, 2.45) is 0 Å². The van der Waals surface area contributed by atoms with Crippen LogP contribution in [0.25, 0.3) is 0 Å². The maximum Gasteiger partial charge on any atom is 0.224 e. The number of hydrogen-bond donors (Lipinski definition) is 2. The van der Waals surface area contributed by atoms with E-state index in [4.69, 9.17) is 0 Å². The van der Waals surface area contributed by atoms with Gasteiger partial charge in [0, 0.05) is 20.0 Å². The Kier molecular flexibility index (Phi) is 6.21. The Bertz CT molecular complexity index is 1050. The number of fused-ring (bicyclic) bond motifs is 1. The average molecular weight is 415 g/mol. The molecule has 0 heterocycles. The summed E-state index contributed by atoms with van der Waals surface area (Å²) in [6, 6.07) is 26.6. The largest absolute Gasteiger partial charge is 0.374 e. The van der Waals surface area contributed by atoms with Crippen LogP contribution in [0.15, 0.2) is 78.9 Å². The number of amides is 1. The van der Waals surface area contributed by atoms with Crippen molar-refractivity contribution in [3.8, 4) is 0 Å². The van der Waals surface area contributed by atoms with Gasteiger partial charge in [0.25, 0.3) is 0 Å². The first-order valence-corrected chi connectivity index (χ1v) is 10.9. The fourth-order valence-corrected chi connectivity index (χ4v) is 4.75. The van der Waals surface area contributed by atoms with Crippen LogP contribution in [0.2, 0.25) is 0 Å². The fourth-order valence-electron chi connectivity index (χ4n) is 4.75. The number of hydrogen-bond acceptors (Lipinski definition) is 3. The SMILES string of the molecule is CNC(=O)Cc1ccccc1C1c2ccccc2CC1(O)N(C)CCc1ccccc1. The molecule has 2 unspecified atom stereocenters. The van der Waals surface area contributed by atoms with Crippen molar-refractivity contribution in [3.05, 3.63) is 107 Å². The fraction of sp³-hybridized carbons (Fsp3) is 0.296. The molecule has 160 valence electrons. The van der Waals surface area contributed by atoms with Crippen molar-refractivity contribution in [2.75, 3.05) is 20.6 Å². The zero-order valence-electron chi connectivity index (χ0n) is 18.2. The molecule has 0 saturated carbocycles. The maximum absolute atomic E-state index is 12.2. The van der Waals surface area contributed by atoms with Crippen molar-refractivity contribution in [3.63, 3.8) is 0 Å². The second-order valence-corrected chi connectivity index (χ2v) is 8.39. The Labute approximate surface area is 184 Å². The van der Waals surface area contributed by atoms with Gasteiger partial charge < -0.3 is 10.4 Å². The number of nitrogens with zero attached hydrogens (tertiary/aromatic N) is 1. The van der Waals surface area contributed by atoms with Crippen molar-refractivity contribution in [1.29, 1.82) is 0 Å². The third kappa shape index (κ3) is 4.27. The summed E-state index contributed by atoms with van der Waals surface area (Å²) >= 11 is 0. The zero-order valence-corrected chi connectivity index (χ0v) is 18.2. The topological polar surface area (TPSA) is 52.6 Å². The molecular weight excluding hydrogens is 384 g/mol. The quantitative estimate of drug-likeness (QED) is 0.582. The molecule has 2 N–H and O–H groups in total. The summed E-state index contributed by atoms with van der Waals surface area (Å²) in [7, 11) is 3.66. The van der Waals surface area contributed by atoms with E-state index in [1.807, 2.05) is 55.6 Å². The number of rotatable bonds is 7. The summed E-state index contributed by atoms with van der Waals surface area (Å²) in [5.41, 5.74) is 4.47. The first-order chi connectivity index (χ1) is 15.0. The van der Waals surface area contributed by atoms with E-state index in [1.54, 1.807) is 7.05 Å². The lowest BCUT2D eigenvalue weighted by Crippen LogP contribution is -2.51. The van der Waals surface area contributed by atoms with Crippen LogP contribution in [0.5, 0.6) is 0 Å². The van der Waals surface area contributed by atoms with Crippen LogP contribution in [0.4, 0.5) is 0 Å². The van der Waals surface area contributed by atoms with Gasteiger partial charge in [0.2, 0.25) is 5.91 Å². The number of benzene rings is 3. The molecule has 0 radical (unpaired) electrons. The van der Waals surface area contributed by atoms with Gasteiger partial charge >= 0.3 is 0 Å². The summed E-state index contributed by atoms with van der Waals surface area (Å²) in [6.45, 7) is 0.739. The van der Waals surface area contributed by atoms with Crippen molar-refractivity contribution < 1.29 is 9.90 Å². The Morgan fingerprint density at radius 2 is 1.65 bits per heavy atom. The lowest BCUT2D eigenvalue weighted by Gasteiger charge is -2.40. The first-order valence-electron chi connectivity index (χ1n) is 10.9. The van der Waals surface area contributed by atoms with Crippen LogP contribution in [0.1, 0.15) is 33.7 Å². The molecule has 3 aromatic carbocycles. The predicted octanol–water partition coefficient (Wildman–Crippen LogP) is 3.53. The van der Waals surface area contributed by atoms with Gasteiger partial charge in [0.15, 0.2) is 0 Å². The van der Waals surface area contributed by atoms with Crippen molar-refractivity contribution in [1.82, 2.24) is 10.2 Å². The van der Waals surface area contributed by atoms with E-state index in [0.717, 1.165) is 35.2 Å². The van der Waals surface area contributed by atoms with Gasteiger partial charge in [-0.05, 0) is 41.3 Å². The summed E-state index contributed by atoms with van der Waals surface area (Å²) in [5.74, 6) is -0.245. The standard InChI is InChI=1S/C27H30N2O2/c1-28-25(30)18-21-12-6-8-14-23(21)26-24-15-9-7-13-22(24)19-27(26,31)29(2)17-16-20-10-4-3-5-11-20/h3-15,26,31H,16-19H2,1-2H3,(H,28,30). The molecule has 31 heavy (non-hydrogen) atoms. The molecule has 0 aliphatic heterocycles. The molecule has 4 heteroatoms. The van der Waals surface area contributed by atoms with Crippen LogP contribution in [0, 0.1) is 0 Å². The summed E-state index contributed by atoms with van der Waals surface area (Å²) in [5, 5.41) is 14.8. The first kappa shape index (κ1) is 21.3. The van der Waals surface area contributed by atoms with E-state index < -0.39 is 5.72 Å². The van der Waals surface area contributed by atoms with Crippen LogP contribution in [0.3, 0.4) is 0 Å². The molecule has 0 bridgehead atoms. The van der Waals surface area contributed by atoms with Gasteiger partial charge in [0.05, 0.1) is 12.3 Å². The molecule has 0 spiro atoms. The lowest BCUT2D eigenvalue weighted by atomic mass is 9.83. The number of likely N-dealkylation sites (N-methyl/N-ethyl adjacent to an activating group) is 2. The number of nitrogens with one attached hydrogen (secondary N) is 1. The van der Waals surface area contributed by atoms with Crippen molar-refractivity contribution >= 4 is 5.91 Å². The Balaban J connectivity index is 1.70. The normalized spacial score (nSPS) is 19.9. The van der Waals surface area contributed by atoms with Crippen LogP contribution >= 0.6 is 0 Å². The zero-order chi connectivity index (χ0) is 21.8. The molecule has 1 aliphatic carbocycles. The molecule has 4 rings (SSSR count). The minimum absolute atomic E-state index is 0.0281. The lowest BCUT2D eigenvalue weighted by molar-refractivity contribution is -0.120. The highest BCUT2D eigenvalue weighted by molar-refractivity contribution is 5.78. The molecule has 0 aromatic heterocycles.